The van der Waals surface area contributed by atoms with Gasteiger partial charge in [-0.2, -0.15) is 4.90 Å². The molecule has 10 heteroatoms. The average molecular weight is 749 g/mol. The molecule has 0 saturated carbocycles. The molecule has 0 spiro atoms. The number of benzene rings is 4. The minimum atomic E-state index is -3.44. The summed E-state index contributed by atoms with van der Waals surface area (Å²) in [4.78, 5) is 46.0. The van der Waals surface area contributed by atoms with Crippen LogP contribution in [0.4, 0.5) is 14.7 Å². The number of fused-ring (bicyclic) bond motifs is 1. The number of amides is 2. The molecule has 0 aliphatic rings. The van der Waals surface area contributed by atoms with E-state index in [0.717, 1.165) is 37.5 Å². The number of nitrogens with zero attached hydrogens (tertiary/aromatic N) is 2. The molecule has 5 aromatic rings. The van der Waals surface area contributed by atoms with E-state index in [0.29, 0.717) is 23.1 Å². The van der Waals surface area contributed by atoms with Gasteiger partial charge in [-0.3, -0.25) is 0 Å². The normalized spacial score (nSPS) is 12.2. The highest BCUT2D eigenvalue weighted by molar-refractivity contribution is 7.22. The van der Waals surface area contributed by atoms with Crippen molar-refractivity contribution in [3.05, 3.63) is 119 Å². The molecule has 2 N–H and O–H groups in total. The number of anilines is 1. The fraction of sp³-hybridized carbons (Fsp3) is 0.326. The molecule has 0 saturated heterocycles. The monoisotopic (exact) mass is 748 g/mol. The molecule has 0 bridgehead atoms. The second-order valence-corrected chi connectivity index (χ2v) is 20.7. The summed E-state index contributed by atoms with van der Waals surface area (Å²) >= 11 is 1.17. The molecule has 5 rings (SSSR count). The summed E-state index contributed by atoms with van der Waals surface area (Å²) in [6.45, 7) is 14.5. The Kier molecular flexibility index (Phi) is 11.7. The Morgan fingerprint density at radius 2 is 1.32 bits per heavy atom. The molecule has 8 nitrogen and oxygen atoms in total. The van der Waals surface area contributed by atoms with Crippen molar-refractivity contribution < 1.29 is 29.0 Å². The maximum absolute atomic E-state index is 13.6. The average Bonchev–Trinajstić information content (AvgIpc) is 3.50. The standard InChI is InChI=1S/C43H48N2O6SSi/c1-41(2,3)50-39(47)45(40(48)51-42(4,5)6)38-44-37-33(26-31(27-36(37)52-38)19-15-17-30-18-16-20-32(25-30)29-46)28-43(7,8)53(49,34-21-11-9-12-22-34)35-23-13-10-14-24-35/h9-14,16,18,20-27,46,49H,17,28-29H2,1-8H3. The van der Waals surface area contributed by atoms with Crippen molar-refractivity contribution in [3.8, 4) is 11.8 Å². The number of hydrogen-bond acceptors (Lipinski definition) is 8. The van der Waals surface area contributed by atoms with Gasteiger partial charge in [0.05, 0.1) is 16.8 Å². The topological polar surface area (TPSA) is 109 Å². The van der Waals surface area contributed by atoms with Gasteiger partial charge in [-0.05, 0) is 92.2 Å². The lowest BCUT2D eigenvalue weighted by Crippen LogP contribution is -2.65. The van der Waals surface area contributed by atoms with Crippen molar-refractivity contribution in [2.24, 2.45) is 0 Å². The van der Waals surface area contributed by atoms with Crippen LogP contribution in [-0.2, 0) is 28.9 Å². The summed E-state index contributed by atoms with van der Waals surface area (Å²) in [6.07, 6.45) is -0.910. The molecular weight excluding hydrogens is 701 g/mol. The quantitative estimate of drug-likeness (QED) is 0.122. The van der Waals surface area contributed by atoms with Gasteiger partial charge in [-0.15, -0.1) is 0 Å². The Balaban J connectivity index is 1.67. The number of carbonyl (C=O) groups is 2. The van der Waals surface area contributed by atoms with E-state index in [2.05, 4.69) is 25.7 Å². The van der Waals surface area contributed by atoms with Crippen molar-refractivity contribution >= 4 is 57.6 Å². The number of aromatic nitrogens is 1. The first-order chi connectivity index (χ1) is 24.9. The molecule has 4 aromatic carbocycles. The molecule has 276 valence electrons. The molecule has 1 heterocycles. The molecule has 0 aliphatic heterocycles. The van der Waals surface area contributed by atoms with Crippen LogP contribution in [0.25, 0.3) is 10.2 Å². The van der Waals surface area contributed by atoms with Crippen LogP contribution in [0.3, 0.4) is 0 Å². The first kappa shape index (κ1) is 39.4. The maximum atomic E-state index is 13.6. The summed E-state index contributed by atoms with van der Waals surface area (Å²) in [5.41, 5.74) is 2.17. The Bertz CT molecular complexity index is 2070. The van der Waals surface area contributed by atoms with Crippen LogP contribution < -0.4 is 15.3 Å². The highest BCUT2D eigenvalue weighted by Gasteiger charge is 2.50. The number of rotatable bonds is 8. The lowest BCUT2D eigenvalue weighted by Gasteiger charge is -2.41. The van der Waals surface area contributed by atoms with E-state index < -0.39 is 36.7 Å². The van der Waals surface area contributed by atoms with E-state index in [-0.39, 0.29) is 11.7 Å². The number of hydrogen-bond donors (Lipinski definition) is 2. The summed E-state index contributed by atoms with van der Waals surface area (Å²) < 4.78 is 12.0. The largest absolute Gasteiger partial charge is 0.443 e. The lowest BCUT2D eigenvalue weighted by molar-refractivity contribution is 0.0430. The van der Waals surface area contributed by atoms with E-state index in [1.807, 2.05) is 97.1 Å². The zero-order valence-corrected chi connectivity index (χ0v) is 33.5. The third-order valence-electron chi connectivity index (χ3n) is 8.60. The molecule has 53 heavy (non-hydrogen) atoms. The summed E-state index contributed by atoms with van der Waals surface area (Å²) in [5, 5.41) is 10.8. The minimum Gasteiger partial charge on any atom is -0.443 e. The predicted molar refractivity (Wildman–Crippen MR) is 215 cm³/mol. The van der Waals surface area contributed by atoms with Crippen molar-refractivity contribution in [2.45, 2.75) is 91.1 Å². The first-order valence-electron chi connectivity index (χ1n) is 17.6. The van der Waals surface area contributed by atoms with E-state index in [1.54, 1.807) is 41.5 Å². The van der Waals surface area contributed by atoms with Crippen LogP contribution in [0, 0.1) is 11.8 Å². The van der Waals surface area contributed by atoms with Gasteiger partial charge in [-0.1, -0.05) is 122 Å². The van der Waals surface area contributed by atoms with Gasteiger partial charge in [0.2, 0.25) is 5.13 Å². The first-order valence-corrected chi connectivity index (χ1v) is 20.4. The van der Waals surface area contributed by atoms with Gasteiger partial charge in [0.25, 0.3) is 8.32 Å². The Labute approximate surface area is 317 Å². The third-order valence-corrected chi connectivity index (χ3v) is 14.1. The molecule has 1 aromatic heterocycles. The van der Waals surface area contributed by atoms with E-state index in [9.17, 15) is 19.5 Å². The number of ether oxygens (including phenoxy) is 2. The zero-order chi connectivity index (χ0) is 38.6. The van der Waals surface area contributed by atoms with Gasteiger partial charge >= 0.3 is 12.2 Å². The van der Waals surface area contributed by atoms with Crippen molar-refractivity contribution in [1.29, 1.82) is 0 Å². The Morgan fingerprint density at radius 1 is 0.774 bits per heavy atom. The fourth-order valence-corrected chi connectivity index (χ4v) is 11.0. The van der Waals surface area contributed by atoms with Gasteiger partial charge in [0.15, 0.2) is 0 Å². The summed E-state index contributed by atoms with van der Waals surface area (Å²) in [5.74, 6) is 6.59. The Morgan fingerprint density at radius 3 is 1.85 bits per heavy atom. The van der Waals surface area contributed by atoms with E-state index in [4.69, 9.17) is 14.5 Å². The Hall–Kier alpha value is -4.79. The second-order valence-electron chi connectivity index (χ2n) is 15.7. The second kappa shape index (κ2) is 15.7. The molecule has 0 atom stereocenters. The molecule has 2 amide bonds. The van der Waals surface area contributed by atoms with Gasteiger partial charge in [-0.25, -0.2) is 14.6 Å². The van der Waals surface area contributed by atoms with E-state index in [1.165, 1.54) is 11.3 Å². The van der Waals surface area contributed by atoms with Crippen LogP contribution in [0.1, 0.15) is 77.6 Å². The molecule has 0 radical (unpaired) electrons. The van der Waals surface area contributed by atoms with Crippen LogP contribution in [0.15, 0.2) is 97.1 Å². The number of aliphatic hydroxyl groups is 1. The van der Waals surface area contributed by atoms with Gasteiger partial charge in [0, 0.05) is 12.0 Å². The number of carbonyl (C=O) groups excluding carboxylic acids is 2. The van der Waals surface area contributed by atoms with Gasteiger partial charge in [0.1, 0.15) is 11.2 Å². The summed E-state index contributed by atoms with van der Waals surface area (Å²) in [6, 6.07) is 31.2. The number of thiazole rings is 1. The SMILES string of the molecule is CC(C)(C)OC(=O)N(C(=O)OC(C)(C)C)c1nc2c(CC(C)(C)[Si](O)(c3ccccc3)c3ccccc3)cc(C#CCc3cccc(CO)c3)cc2s1. The van der Waals surface area contributed by atoms with Crippen molar-refractivity contribution in [1.82, 2.24) is 4.98 Å². The summed E-state index contributed by atoms with van der Waals surface area (Å²) in [7, 11) is -3.44. The third kappa shape index (κ3) is 9.42. The van der Waals surface area contributed by atoms with Crippen molar-refractivity contribution in [3.63, 3.8) is 0 Å². The lowest BCUT2D eigenvalue weighted by atomic mass is 9.98. The van der Waals surface area contributed by atoms with Crippen LogP contribution in [-0.4, -0.2) is 46.6 Å². The smallest absolute Gasteiger partial charge is 0.426 e. The number of imide groups is 1. The van der Waals surface area contributed by atoms with Crippen molar-refractivity contribution in [2.75, 3.05) is 4.90 Å². The molecule has 0 aliphatic carbocycles. The molecule has 0 fully saturated rings. The van der Waals surface area contributed by atoms with Crippen LogP contribution in [0.5, 0.6) is 0 Å². The predicted octanol–water partition coefficient (Wildman–Crippen LogP) is 8.13. The minimum absolute atomic E-state index is 0.0456. The zero-order valence-electron chi connectivity index (χ0n) is 31.7. The fourth-order valence-electron chi connectivity index (χ4n) is 6.23. The highest BCUT2D eigenvalue weighted by Crippen LogP contribution is 2.42. The van der Waals surface area contributed by atoms with Crippen LogP contribution >= 0.6 is 11.3 Å². The van der Waals surface area contributed by atoms with E-state index >= 15 is 0 Å². The van der Waals surface area contributed by atoms with Gasteiger partial charge < -0.3 is 19.4 Å². The highest BCUT2D eigenvalue weighted by atomic mass is 32.1. The molecular formula is C43H48N2O6SSi. The maximum Gasteiger partial charge on any atom is 0.426 e. The number of aliphatic hydroxyl groups excluding tert-OH is 1. The molecule has 0 unspecified atom stereocenters. The van der Waals surface area contributed by atoms with Crippen LogP contribution in [0.2, 0.25) is 5.04 Å².